The molecule has 1 aliphatic heterocycles. The number of thiocarbonyl (C=S) groups is 1. The van der Waals surface area contributed by atoms with E-state index < -0.39 is 0 Å². The lowest BCUT2D eigenvalue weighted by Gasteiger charge is -2.15. The lowest BCUT2D eigenvalue weighted by atomic mass is 10.1. The van der Waals surface area contributed by atoms with Crippen LogP contribution in [0.5, 0.6) is 5.75 Å². The van der Waals surface area contributed by atoms with Gasteiger partial charge in [-0.25, -0.2) is 0 Å². The van der Waals surface area contributed by atoms with Crippen molar-refractivity contribution in [3.63, 3.8) is 0 Å². The maximum absolute atomic E-state index is 12.6. The van der Waals surface area contributed by atoms with Crippen LogP contribution in [-0.2, 0) is 16.0 Å². The number of thioether (sulfide) groups is 1. The van der Waals surface area contributed by atoms with E-state index in [-0.39, 0.29) is 18.2 Å². The predicted octanol–water partition coefficient (Wildman–Crippen LogP) is 3.56. The molecule has 1 fully saturated rings. The van der Waals surface area contributed by atoms with E-state index in [1.165, 1.54) is 0 Å². The summed E-state index contributed by atoms with van der Waals surface area (Å²) in [6.07, 6.45) is 1.92. The van der Waals surface area contributed by atoms with E-state index >= 15 is 0 Å². The summed E-state index contributed by atoms with van der Waals surface area (Å²) in [5.41, 5.74) is 4.31. The van der Waals surface area contributed by atoms with Gasteiger partial charge in [0.1, 0.15) is 5.75 Å². The molecule has 0 unspecified atom stereocenters. The fraction of sp³-hybridized carbons (Fsp3) is 0.150. The standard InChI is InChI=1S/C20H18N2O3S2/c1-2-25-16-10-8-15(9-11-16)12-17-19(24)22(20(26)27-17)21-18(23)13-14-6-4-3-5-7-14/h3-12H,2,13H2,1H3,(H,21,23). The van der Waals surface area contributed by atoms with Gasteiger partial charge in [0.15, 0.2) is 4.32 Å². The molecular weight excluding hydrogens is 380 g/mol. The lowest BCUT2D eigenvalue weighted by molar-refractivity contribution is -0.132. The summed E-state index contributed by atoms with van der Waals surface area (Å²) in [5.74, 6) is 0.149. The zero-order chi connectivity index (χ0) is 19.2. The summed E-state index contributed by atoms with van der Waals surface area (Å²) in [7, 11) is 0. The number of hydrogen-bond acceptors (Lipinski definition) is 5. The molecule has 0 atom stereocenters. The molecule has 2 aromatic carbocycles. The Morgan fingerprint density at radius 2 is 1.89 bits per heavy atom. The Labute approximate surface area is 167 Å². The second-order valence-corrected chi connectivity index (χ2v) is 7.39. The van der Waals surface area contributed by atoms with Crippen LogP contribution in [0.2, 0.25) is 0 Å². The van der Waals surface area contributed by atoms with Crippen molar-refractivity contribution in [1.29, 1.82) is 0 Å². The summed E-state index contributed by atoms with van der Waals surface area (Å²) in [5, 5.41) is 1.13. The number of hydrogen-bond donors (Lipinski definition) is 1. The third-order valence-corrected chi connectivity index (χ3v) is 5.03. The fourth-order valence-corrected chi connectivity index (χ4v) is 3.67. The molecule has 2 aromatic rings. The normalized spacial score (nSPS) is 15.3. The van der Waals surface area contributed by atoms with Crippen LogP contribution in [-0.4, -0.2) is 27.8 Å². The van der Waals surface area contributed by atoms with Crippen LogP contribution >= 0.6 is 24.0 Å². The van der Waals surface area contributed by atoms with Crippen LogP contribution in [0.25, 0.3) is 6.08 Å². The molecule has 3 rings (SSSR count). The molecule has 27 heavy (non-hydrogen) atoms. The molecule has 0 bridgehead atoms. The molecule has 5 nitrogen and oxygen atoms in total. The summed E-state index contributed by atoms with van der Waals surface area (Å²) < 4.78 is 5.71. The van der Waals surface area contributed by atoms with Gasteiger partial charge in [0.25, 0.3) is 5.91 Å². The number of nitrogens with zero attached hydrogens (tertiary/aromatic N) is 1. The van der Waals surface area contributed by atoms with E-state index in [2.05, 4.69) is 5.43 Å². The van der Waals surface area contributed by atoms with Gasteiger partial charge in [-0.3, -0.25) is 15.0 Å². The third-order valence-electron chi connectivity index (χ3n) is 3.73. The van der Waals surface area contributed by atoms with Crippen LogP contribution in [0.4, 0.5) is 0 Å². The predicted molar refractivity (Wildman–Crippen MR) is 111 cm³/mol. The smallest absolute Gasteiger partial charge is 0.285 e. The van der Waals surface area contributed by atoms with Gasteiger partial charge in [0.05, 0.1) is 17.9 Å². The molecule has 1 heterocycles. The van der Waals surface area contributed by atoms with Gasteiger partial charge < -0.3 is 4.74 Å². The average molecular weight is 399 g/mol. The Morgan fingerprint density at radius 1 is 1.19 bits per heavy atom. The summed E-state index contributed by atoms with van der Waals surface area (Å²) in [6, 6.07) is 16.7. The van der Waals surface area contributed by atoms with Crippen molar-refractivity contribution < 1.29 is 14.3 Å². The number of nitrogens with one attached hydrogen (secondary N) is 1. The van der Waals surface area contributed by atoms with Crippen LogP contribution < -0.4 is 10.2 Å². The lowest BCUT2D eigenvalue weighted by Crippen LogP contribution is -2.45. The number of rotatable bonds is 6. The van der Waals surface area contributed by atoms with Crippen LogP contribution in [0.15, 0.2) is 59.5 Å². The molecule has 1 saturated heterocycles. The van der Waals surface area contributed by atoms with Crippen molar-refractivity contribution in [2.75, 3.05) is 6.61 Å². The quantitative estimate of drug-likeness (QED) is 0.596. The second kappa shape index (κ2) is 8.83. The minimum Gasteiger partial charge on any atom is -0.494 e. The highest BCUT2D eigenvalue weighted by Gasteiger charge is 2.33. The maximum Gasteiger partial charge on any atom is 0.285 e. The van der Waals surface area contributed by atoms with Gasteiger partial charge >= 0.3 is 0 Å². The summed E-state index contributed by atoms with van der Waals surface area (Å²) in [4.78, 5) is 25.3. The molecular formula is C20H18N2O3S2. The largest absolute Gasteiger partial charge is 0.494 e. The molecule has 1 N–H and O–H groups in total. The van der Waals surface area contributed by atoms with Crippen molar-refractivity contribution in [2.24, 2.45) is 0 Å². The first-order valence-corrected chi connectivity index (χ1v) is 9.63. The van der Waals surface area contributed by atoms with E-state index in [0.717, 1.165) is 33.6 Å². The minimum absolute atomic E-state index is 0.176. The molecule has 1 aliphatic rings. The SMILES string of the molecule is CCOc1ccc(C=C2SC(=S)N(NC(=O)Cc3ccccc3)C2=O)cc1. The number of hydrazine groups is 1. The first kappa shape index (κ1) is 19.1. The van der Waals surface area contributed by atoms with Crippen molar-refractivity contribution in [2.45, 2.75) is 13.3 Å². The molecule has 0 saturated carbocycles. The Hall–Kier alpha value is -2.64. The third kappa shape index (κ3) is 4.96. The monoisotopic (exact) mass is 398 g/mol. The van der Waals surface area contributed by atoms with Crippen molar-refractivity contribution in [1.82, 2.24) is 10.4 Å². The molecule has 0 aromatic heterocycles. The molecule has 0 aliphatic carbocycles. The van der Waals surface area contributed by atoms with Gasteiger partial charge in [0.2, 0.25) is 5.91 Å². The fourth-order valence-electron chi connectivity index (χ4n) is 2.49. The number of amides is 2. The van der Waals surface area contributed by atoms with Crippen LogP contribution in [0.1, 0.15) is 18.1 Å². The molecule has 2 amide bonds. The van der Waals surface area contributed by atoms with Crippen LogP contribution in [0.3, 0.4) is 0 Å². The highest BCUT2D eigenvalue weighted by molar-refractivity contribution is 8.26. The van der Waals surface area contributed by atoms with Gasteiger partial charge in [-0.15, -0.1) is 0 Å². The number of ether oxygens (including phenoxy) is 1. The van der Waals surface area contributed by atoms with E-state index in [0.29, 0.717) is 15.8 Å². The highest BCUT2D eigenvalue weighted by atomic mass is 32.2. The zero-order valence-corrected chi connectivity index (χ0v) is 16.3. The first-order valence-electron chi connectivity index (χ1n) is 8.41. The number of carbonyl (C=O) groups excluding carboxylic acids is 2. The Bertz CT molecular complexity index is 880. The maximum atomic E-state index is 12.6. The molecule has 138 valence electrons. The zero-order valence-electron chi connectivity index (χ0n) is 14.7. The highest BCUT2D eigenvalue weighted by Crippen LogP contribution is 2.31. The minimum atomic E-state index is -0.333. The van der Waals surface area contributed by atoms with E-state index in [4.69, 9.17) is 17.0 Å². The summed E-state index contributed by atoms with van der Waals surface area (Å²) in [6.45, 7) is 2.52. The summed E-state index contributed by atoms with van der Waals surface area (Å²) >= 11 is 6.40. The van der Waals surface area contributed by atoms with Crippen molar-refractivity contribution in [3.8, 4) is 5.75 Å². The average Bonchev–Trinajstić information content (AvgIpc) is 2.92. The molecule has 0 radical (unpaired) electrons. The van der Waals surface area contributed by atoms with Gasteiger partial charge in [0, 0.05) is 0 Å². The van der Waals surface area contributed by atoms with Gasteiger partial charge in [-0.05, 0) is 48.5 Å². The Kier molecular flexibility index (Phi) is 6.26. The van der Waals surface area contributed by atoms with Gasteiger partial charge in [-0.1, -0.05) is 54.2 Å². The topological polar surface area (TPSA) is 58.6 Å². The first-order chi connectivity index (χ1) is 13.1. The molecule has 7 heteroatoms. The van der Waals surface area contributed by atoms with E-state index in [9.17, 15) is 9.59 Å². The Morgan fingerprint density at radius 3 is 2.56 bits per heavy atom. The van der Waals surface area contributed by atoms with E-state index in [1.807, 2.05) is 61.5 Å². The number of carbonyl (C=O) groups is 2. The van der Waals surface area contributed by atoms with E-state index in [1.54, 1.807) is 6.08 Å². The van der Waals surface area contributed by atoms with Gasteiger partial charge in [-0.2, -0.15) is 5.01 Å². The Balaban J connectivity index is 1.66. The van der Waals surface area contributed by atoms with Crippen molar-refractivity contribution in [3.05, 3.63) is 70.6 Å². The molecule has 0 spiro atoms. The van der Waals surface area contributed by atoms with Crippen LogP contribution in [0, 0.1) is 0 Å². The van der Waals surface area contributed by atoms with Crippen molar-refractivity contribution >= 4 is 46.2 Å². The second-order valence-electron chi connectivity index (χ2n) is 5.72. The number of benzene rings is 2.